The number of rotatable bonds is 3. The Morgan fingerprint density at radius 2 is 2.12 bits per heavy atom. The number of hydrogen-bond acceptors (Lipinski definition) is 3. The first-order valence-electron chi connectivity index (χ1n) is 4.68. The van der Waals surface area contributed by atoms with Gasteiger partial charge in [-0.2, -0.15) is 0 Å². The lowest BCUT2D eigenvalue weighted by atomic mass is 10.2. The fourth-order valence-corrected chi connectivity index (χ4v) is 1.87. The molecule has 0 radical (unpaired) electrons. The second-order valence-corrected chi connectivity index (χ2v) is 4.48. The average Bonchev–Trinajstić information content (AvgIpc) is 2.81. The van der Waals surface area contributed by atoms with Gasteiger partial charge >= 0.3 is 0 Å². The van der Waals surface area contributed by atoms with Gasteiger partial charge in [-0.15, -0.1) is 11.3 Å². The highest BCUT2D eigenvalue weighted by Crippen LogP contribution is 2.09. The fraction of sp³-hybridized carbons (Fsp3) is 0.0909. The number of carbonyl (C=O) groups excluding carboxylic acids is 1. The second kappa shape index (κ2) is 5.09. The maximum absolute atomic E-state index is 11.6. The largest absolute Gasteiger partial charge is 0.346 e. The van der Waals surface area contributed by atoms with Crippen LogP contribution in [0.4, 0.5) is 0 Å². The fourth-order valence-electron chi connectivity index (χ4n) is 1.20. The molecule has 1 aromatic carbocycles. The van der Waals surface area contributed by atoms with Crippen LogP contribution in [0.5, 0.6) is 0 Å². The molecule has 82 valence electrons. The number of halogens is 1. The number of nitrogens with one attached hydrogen (secondary N) is 1. The maximum Gasteiger partial charge on any atom is 0.280 e. The molecule has 0 fully saturated rings. The predicted molar refractivity (Wildman–Crippen MR) is 64.7 cm³/mol. The highest BCUT2D eigenvalue weighted by molar-refractivity contribution is 7.11. The van der Waals surface area contributed by atoms with Crippen LogP contribution in [0.2, 0.25) is 5.02 Å². The Labute approximate surface area is 102 Å². The quantitative estimate of drug-likeness (QED) is 0.913. The molecule has 3 nitrogen and oxygen atoms in total. The molecular formula is C11H9ClN2OS. The minimum Gasteiger partial charge on any atom is -0.346 e. The van der Waals surface area contributed by atoms with E-state index < -0.39 is 0 Å². The van der Waals surface area contributed by atoms with Crippen molar-refractivity contribution < 1.29 is 4.79 Å². The molecule has 0 unspecified atom stereocenters. The Morgan fingerprint density at radius 3 is 2.75 bits per heavy atom. The molecule has 0 atom stereocenters. The van der Waals surface area contributed by atoms with Crippen molar-refractivity contribution in [1.82, 2.24) is 10.3 Å². The molecule has 1 aromatic heterocycles. The smallest absolute Gasteiger partial charge is 0.280 e. The monoisotopic (exact) mass is 252 g/mol. The topological polar surface area (TPSA) is 42.0 Å². The molecule has 1 amide bonds. The lowest BCUT2D eigenvalue weighted by Crippen LogP contribution is -2.22. The van der Waals surface area contributed by atoms with Crippen molar-refractivity contribution in [1.29, 1.82) is 0 Å². The van der Waals surface area contributed by atoms with Crippen molar-refractivity contribution in [3.8, 4) is 0 Å². The molecule has 0 bridgehead atoms. The number of thiazole rings is 1. The van der Waals surface area contributed by atoms with Gasteiger partial charge in [0.2, 0.25) is 0 Å². The first-order valence-corrected chi connectivity index (χ1v) is 5.93. The van der Waals surface area contributed by atoms with Crippen LogP contribution in [-0.4, -0.2) is 10.9 Å². The van der Waals surface area contributed by atoms with Crippen molar-refractivity contribution in [2.75, 3.05) is 0 Å². The Morgan fingerprint density at radius 1 is 1.38 bits per heavy atom. The minimum absolute atomic E-state index is 0.148. The number of nitrogens with zero attached hydrogens (tertiary/aromatic N) is 1. The number of carbonyl (C=O) groups is 1. The Bertz CT molecular complexity index is 467. The van der Waals surface area contributed by atoms with Gasteiger partial charge in [0.1, 0.15) is 0 Å². The van der Waals surface area contributed by atoms with E-state index >= 15 is 0 Å². The molecule has 0 spiro atoms. The highest BCUT2D eigenvalue weighted by Gasteiger charge is 2.06. The van der Waals surface area contributed by atoms with Gasteiger partial charge < -0.3 is 5.32 Å². The van der Waals surface area contributed by atoms with Crippen molar-refractivity contribution in [3.05, 3.63) is 51.4 Å². The molecule has 0 saturated heterocycles. The van der Waals surface area contributed by atoms with Crippen LogP contribution in [-0.2, 0) is 6.54 Å². The third kappa shape index (κ3) is 2.81. The molecule has 2 aromatic rings. The summed E-state index contributed by atoms with van der Waals surface area (Å²) < 4.78 is 0. The van der Waals surface area contributed by atoms with Crippen LogP contribution >= 0.6 is 22.9 Å². The maximum atomic E-state index is 11.6. The summed E-state index contributed by atoms with van der Waals surface area (Å²) in [5.74, 6) is -0.148. The molecule has 0 aliphatic rings. The molecule has 1 N–H and O–H groups in total. The summed E-state index contributed by atoms with van der Waals surface area (Å²) in [7, 11) is 0. The van der Waals surface area contributed by atoms with Crippen LogP contribution in [0.3, 0.4) is 0 Å². The Hall–Kier alpha value is -1.39. The van der Waals surface area contributed by atoms with Crippen molar-refractivity contribution in [2.45, 2.75) is 6.54 Å². The van der Waals surface area contributed by atoms with Crippen molar-refractivity contribution in [3.63, 3.8) is 0 Å². The summed E-state index contributed by atoms with van der Waals surface area (Å²) in [6.07, 6.45) is 1.61. The number of benzene rings is 1. The summed E-state index contributed by atoms with van der Waals surface area (Å²) >= 11 is 7.08. The van der Waals surface area contributed by atoms with Gasteiger partial charge in [0.25, 0.3) is 5.91 Å². The van der Waals surface area contributed by atoms with E-state index in [2.05, 4.69) is 10.3 Å². The van der Waals surface area contributed by atoms with E-state index in [0.29, 0.717) is 16.6 Å². The number of amides is 1. The molecular weight excluding hydrogens is 244 g/mol. The summed E-state index contributed by atoms with van der Waals surface area (Å²) in [5, 5.41) is 5.73. The van der Waals surface area contributed by atoms with Gasteiger partial charge in [-0.25, -0.2) is 4.98 Å². The molecule has 0 saturated carbocycles. The first kappa shape index (κ1) is 11.1. The third-order valence-electron chi connectivity index (χ3n) is 1.99. The van der Waals surface area contributed by atoms with E-state index in [1.54, 1.807) is 23.7 Å². The van der Waals surface area contributed by atoms with Gasteiger partial charge in [0, 0.05) is 23.1 Å². The Kier molecular flexibility index (Phi) is 3.54. The van der Waals surface area contributed by atoms with E-state index in [0.717, 1.165) is 5.56 Å². The Balaban J connectivity index is 1.93. The zero-order valence-corrected chi connectivity index (χ0v) is 9.89. The van der Waals surface area contributed by atoms with Gasteiger partial charge in [0.15, 0.2) is 5.01 Å². The van der Waals surface area contributed by atoms with Crippen LogP contribution in [0.25, 0.3) is 0 Å². The number of hydrogen-bond donors (Lipinski definition) is 1. The molecule has 2 rings (SSSR count). The van der Waals surface area contributed by atoms with Crippen molar-refractivity contribution >= 4 is 28.8 Å². The second-order valence-electron chi connectivity index (χ2n) is 3.15. The average molecular weight is 253 g/mol. The summed E-state index contributed by atoms with van der Waals surface area (Å²) in [5.41, 5.74) is 1.01. The normalized spacial score (nSPS) is 10.1. The summed E-state index contributed by atoms with van der Waals surface area (Å²) in [6.45, 7) is 0.482. The molecule has 5 heteroatoms. The zero-order valence-electron chi connectivity index (χ0n) is 8.31. The van der Waals surface area contributed by atoms with Crippen LogP contribution in [0, 0.1) is 0 Å². The zero-order chi connectivity index (χ0) is 11.4. The molecule has 1 heterocycles. The van der Waals surface area contributed by atoms with Crippen LogP contribution in [0.1, 0.15) is 15.4 Å². The lowest BCUT2D eigenvalue weighted by Gasteiger charge is -2.03. The van der Waals surface area contributed by atoms with E-state index in [-0.39, 0.29) is 5.91 Å². The first-order chi connectivity index (χ1) is 7.75. The van der Waals surface area contributed by atoms with E-state index in [9.17, 15) is 4.79 Å². The molecule has 0 aliphatic carbocycles. The SMILES string of the molecule is O=C(NCc1ccc(Cl)cc1)c1nccs1. The standard InChI is InChI=1S/C11H9ClN2OS/c12-9-3-1-8(2-4-9)7-14-10(15)11-13-5-6-16-11/h1-6H,7H2,(H,14,15). The highest BCUT2D eigenvalue weighted by atomic mass is 35.5. The predicted octanol–water partition coefficient (Wildman–Crippen LogP) is 2.73. The third-order valence-corrected chi connectivity index (χ3v) is 3.02. The van der Waals surface area contributed by atoms with Crippen molar-refractivity contribution in [2.24, 2.45) is 0 Å². The van der Waals surface area contributed by atoms with Gasteiger partial charge in [0.05, 0.1) is 0 Å². The summed E-state index contributed by atoms with van der Waals surface area (Å²) in [6, 6.07) is 7.35. The van der Waals surface area contributed by atoms with Crippen LogP contribution in [0.15, 0.2) is 35.8 Å². The molecule has 0 aliphatic heterocycles. The van der Waals surface area contributed by atoms with E-state index in [1.807, 2.05) is 12.1 Å². The van der Waals surface area contributed by atoms with E-state index in [4.69, 9.17) is 11.6 Å². The van der Waals surface area contributed by atoms with E-state index in [1.165, 1.54) is 11.3 Å². The van der Waals surface area contributed by atoms with Gasteiger partial charge in [-0.3, -0.25) is 4.79 Å². The van der Waals surface area contributed by atoms with Crippen LogP contribution < -0.4 is 5.32 Å². The summed E-state index contributed by atoms with van der Waals surface area (Å²) in [4.78, 5) is 15.5. The van der Waals surface area contributed by atoms with Gasteiger partial charge in [-0.1, -0.05) is 23.7 Å². The lowest BCUT2D eigenvalue weighted by molar-refractivity contribution is 0.0950. The molecule has 16 heavy (non-hydrogen) atoms. The number of aromatic nitrogens is 1. The van der Waals surface area contributed by atoms with Gasteiger partial charge in [-0.05, 0) is 17.7 Å². The minimum atomic E-state index is -0.148.